The number of hydrogen-bond donors (Lipinski definition) is 6. The molecule has 3 aliphatic carbocycles. The first-order valence-electron chi connectivity index (χ1n) is 45.4. The predicted molar refractivity (Wildman–Crippen MR) is 494 cm³/mol. The lowest BCUT2D eigenvalue weighted by molar-refractivity contribution is -0.122. The van der Waals surface area contributed by atoms with Gasteiger partial charge in [0.1, 0.15) is 54.2 Å². The number of aliphatic hydroxyl groups excluding tert-OH is 3. The fraction of sp³-hybridized carbons (Fsp3) is 0.495. The van der Waals surface area contributed by atoms with E-state index in [0.29, 0.717) is 98.1 Å². The number of aryl methyl sites for hydroxylation is 3. The van der Waals surface area contributed by atoms with E-state index in [9.17, 15) is 43.2 Å². The van der Waals surface area contributed by atoms with Gasteiger partial charge >= 0.3 is 0 Å². The van der Waals surface area contributed by atoms with Crippen LogP contribution in [0.1, 0.15) is 231 Å². The first kappa shape index (κ1) is 92.3. The van der Waals surface area contributed by atoms with Gasteiger partial charge in [-0.3, -0.25) is 71.6 Å². The summed E-state index contributed by atoms with van der Waals surface area (Å²) in [5.41, 5.74) is 8.20. The molecule has 9 aromatic heterocycles. The van der Waals surface area contributed by atoms with Gasteiger partial charge in [-0.15, -0.1) is 0 Å². The number of aliphatic hydroxyl groups is 3. The van der Waals surface area contributed by atoms with E-state index in [-0.39, 0.29) is 99.4 Å². The highest BCUT2D eigenvalue weighted by Gasteiger charge is 2.32. The highest BCUT2D eigenvalue weighted by Crippen LogP contribution is 2.37. The van der Waals surface area contributed by atoms with Crippen LogP contribution in [0.4, 0.5) is 52.4 Å². The van der Waals surface area contributed by atoms with Gasteiger partial charge in [-0.1, -0.05) is 82.1 Å². The third-order valence-corrected chi connectivity index (χ3v) is 26.0. The number of piperazine rings is 3. The average molecular weight is 1750 g/mol. The van der Waals surface area contributed by atoms with Crippen LogP contribution in [-0.2, 0) is 16.1 Å². The average Bonchev–Trinajstić information content (AvgIpc) is 1.10. The smallest absolute Gasteiger partial charge is 0.263 e. The molecule has 0 unspecified atom stereocenters. The Balaban J connectivity index is 0.000000156. The van der Waals surface area contributed by atoms with E-state index in [1.807, 2.05) is 61.1 Å². The molecule has 6 fully saturated rings. The molecule has 10 aromatic rings. The van der Waals surface area contributed by atoms with Gasteiger partial charge in [0, 0.05) is 156 Å². The molecular formula is C95H119N21O12. The van der Waals surface area contributed by atoms with Gasteiger partial charge in [0.2, 0.25) is 17.8 Å². The Hall–Kier alpha value is -11.9. The lowest BCUT2D eigenvalue weighted by atomic mass is 10.0. The number of nitrogens with zero attached hydrogens (tertiary/aromatic N) is 18. The maximum Gasteiger partial charge on any atom is 0.263 e. The molecule has 676 valence electrons. The number of fused-ring (bicyclic) bond motifs is 3. The van der Waals surface area contributed by atoms with Crippen LogP contribution < -0.4 is 47.3 Å². The van der Waals surface area contributed by atoms with Crippen molar-refractivity contribution in [3.8, 4) is 0 Å². The van der Waals surface area contributed by atoms with Gasteiger partial charge in [-0.2, -0.15) is 15.0 Å². The molecule has 6 aliphatic rings. The topological polar surface area (TPSA) is 401 Å². The molecule has 0 bridgehead atoms. The van der Waals surface area contributed by atoms with Crippen molar-refractivity contribution in [1.82, 2.24) is 73.3 Å². The fourth-order valence-corrected chi connectivity index (χ4v) is 18.8. The zero-order chi connectivity index (χ0) is 90.1. The summed E-state index contributed by atoms with van der Waals surface area (Å²) < 4.78 is 5.14. The van der Waals surface area contributed by atoms with E-state index < -0.39 is 6.61 Å². The first-order valence-corrected chi connectivity index (χ1v) is 45.4. The Morgan fingerprint density at radius 1 is 0.367 bits per heavy atom. The molecule has 33 heteroatoms. The van der Waals surface area contributed by atoms with Gasteiger partial charge in [0.25, 0.3) is 16.7 Å². The maximum atomic E-state index is 13.5. The second kappa shape index (κ2) is 43.3. The summed E-state index contributed by atoms with van der Waals surface area (Å²) in [6, 6.07) is 19.3. The summed E-state index contributed by atoms with van der Waals surface area (Å²) in [6.07, 6.45) is 29.4. The second-order valence-electron chi connectivity index (χ2n) is 34.6. The van der Waals surface area contributed by atoms with Crippen molar-refractivity contribution in [3.63, 3.8) is 0 Å². The molecule has 128 heavy (non-hydrogen) atoms. The number of nitrogens with one attached hydrogen (secondary N) is 3. The number of hydrogen-bond acceptors (Lipinski definition) is 30. The van der Waals surface area contributed by atoms with Crippen molar-refractivity contribution in [2.24, 2.45) is 0 Å². The van der Waals surface area contributed by atoms with E-state index in [4.69, 9.17) is 30.3 Å². The van der Waals surface area contributed by atoms with Crippen LogP contribution in [0.15, 0.2) is 112 Å². The minimum absolute atomic E-state index is 0.0208. The Bertz CT molecular complexity index is 5810. The summed E-state index contributed by atoms with van der Waals surface area (Å²) in [6.45, 7) is 22.3. The first-order chi connectivity index (χ1) is 62.0. The number of unbranched alkanes of at least 4 members (excludes halogenated alkanes) is 4. The quantitative estimate of drug-likeness (QED) is 0.0164. The van der Waals surface area contributed by atoms with Gasteiger partial charge in [-0.05, 0) is 171 Å². The van der Waals surface area contributed by atoms with Gasteiger partial charge in [0.15, 0.2) is 34.7 Å². The standard InChI is InChI=1S/C33H37N7O4.C33H45N7O4.C29H37N7O4/c1-21-27-18-35-33(37-31(27)40(25-5-3-4-6-25)32(44)30(21)22(2)42)36-29-12-11-26(17-34-29)39-15-13-38(14-16-39)19-23-7-9-24(10-8-23)28(43)20-41;1-23-28-21-35-33(37-31(28)40(25-10-7-8-11-25)32(44)30(23)24(2)42)36-29-14-13-26(20-34-29)39-18-16-38(17-19-39)15-9-5-3-4-6-12-27(43)22-41;1-19-24-17-31-29(33-27(24)36(21-6-3-4-7-21)28(40)26(19)20(2)38)32-25-10-9-22(16-30-25)35-14-12-34(13-15-35)11-5-8-23(39)18-37/h7-12,17-18,25,41H,3-6,13-16,19-20H2,1-2H3,(H,34,35,36,37);13-14,20-21,25,41H,3-12,15-19,22H2,1-2H3,(H,34,35,36,37);9-10,16-17,21,37H,3-8,11-15,18H2,1-2H3,(H,30,31,32,33). The highest BCUT2D eigenvalue weighted by atomic mass is 16.3. The normalized spacial score (nSPS) is 16.2. The van der Waals surface area contributed by atoms with E-state index in [0.717, 1.165) is 229 Å². The minimum Gasteiger partial charge on any atom is -0.389 e. The SMILES string of the molecule is CC(=O)c1c(C)c2cnc(Nc3ccc(N4CCN(CCCC(=O)CO)CC4)cn3)nc2n(C2CCCC2)c1=O.CC(=O)c1c(C)c2cnc(Nc3ccc(N4CCN(CCCCCCCC(=O)CO)CC4)cn3)nc2n(C2CCCC2)c1=O.CC(=O)c1c(C)c2cnc(Nc3ccc(N4CCN(Cc5ccc(C(=O)CO)cc5)CC4)cn3)nc2n(C2CCCC2)c1=O. The van der Waals surface area contributed by atoms with E-state index in [1.165, 1.54) is 33.6 Å². The molecule has 16 rings (SSSR count). The molecule has 0 radical (unpaired) electrons. The second-order valence-corrected chi connectivity index (χ2v) is 34.6. The van der Waals surface area contributed by atoms with Crippen molar-refractivity contribution in [3.05, 3.63) is 173 Å². The number of Topliss-reactive ketones (excluding diaryl/α,β-unsaturated/α-hetero) is 6. The molecular weight excluding hydrogens is 1630 g/mol. The predicted octanol–water partition coefficient (Wildman–Crippen LogP) is 11.7. The molecule has 12 heterocycles. The third kappa shape index (κ3) is 22.3. The number of rotatable bonds is 33. The van der Waals surface area contributed by atoms with Crippen LogP contribution in [0, 0.1) is 20.8 Å². The molecule has 0 spiro atoms. The number of carbonyl (C=O) groups is 6. The Morgan fingerprint density at radius 3 is 1.01 bits per heavy atom. The maximum absolute atomic E-state index is 13.5. The zero-order valence-corrected chi connectivity index (χ0v) is 74.4. The molecule has 33 nitrogen and oxygen atoms in total. The van der Waals surface area contributed by atoms with Crippen LogP contribution in [0.3, 0.4) is 0 Å². The van der Waals surface area contributed by atoms with Crippen molar-refractivity contribution in [2.75, 3.05) is 142 Å². The summed E-state index contributed by atoms with van der Waals surface area (Å²) in [7, 11) is 0. The molecule has 6 N–H and O–H groups in total. The summed E-state index contributed by atoms with van der Waals surface area (Å²) in [5.74, 6) is 1.75. The summed E-state index contributed by atoms with van der Waals surface area (Å²) in [4.78, 5) is 167. The van der Waals surface area contributed by atoms with Crippen molar-refractivity contribution in [2.45, 2.75) is 195 Å². The third-order valence-electron chi connectivity index (χ3n) is 26.0. The molecule has 1 aromatic carbocycles. The fourth-order valence-electron chi connectivity index (χ4n) is 18.8. The Kier molecular flexibility index (Phi) is 31.2. The lowest BCUT2D eigenvalue weighted by Gasteiger charge is -2.36. The highest BCUT2D eigenvalue weighted by molar-refractivity contribution is 6.01. The molecule has 0 amide bonds. The zero-order valence-electron chi connectivity index (χ0n) is 74.4. The van der Waals surface area contributed by atoms with Crippen molar-refractivity contribution in [1.29, 1.82) is 0 Å². The van der Waals surface area contributed by atoms with E-state index in [2.05, 4.69) is 81.3 Å². The molecule has 3 aliphatic heterocycles. The summed E-state index contributed by atoms with van der Waals surface area (Å²) >= 11 is 0. The largest absolute Gasteiger partial charge is 0.389 e. The number of carbonyl (C=O) groups excluding carboxylic acids is 6. The number of ketones is 6. The van der Waals surface area contributed by atoms with Gasteiger partial charge in [-0.25, -0.2) is 29.9 Å². The van der Waals surface area contributed by atoms with Crippen LogP contribution >= 0.6 is 0 Å². The van der Waals surface area contributed by atoms with Crippen LogP contribution in [-0.4, -0.2) is 235 Å². The van der Waals surface area contributed by atoms with Crippen molar-refractivity contribution >= 4 is 120 Å². The number of pyridine rings is 6. The van der Waals surface area contributed by atoms with Crippen LogP contribution in [0.5, 0.6) is 0 Å². The summed E-state index contributed by atoms with van der Waals surface area (Å²) in [5, 5.41) is 38.4. The molecule has 0 atom stereocenters. The van der Waals surface area contributed by atoms with Crippen LogP contribution in [0.2, 0.25) is 0 Å². The van der Waals surface area contributed by atoms with Gasteiger partial charge in [0.05, 0.1) is 52.3 Å². The lowest BCUT2D eigenvalue weighted by Crippen LogP contribution is -2.46. The Morgan fingerprint density at radius 2 is 0.688 bits per heavy atom. The van der Waals surface area contributed by atoms with E-state index >= 15 is 0 Å². The van der Waals surface area contributed by atoms with Gasteiger partial charge < -0.3 is 46.0 Å². The number of aromatic nitrogens is 12. The molecule has 3 saturated carbocycles. The molecule has 3 saturated heterocycles. The number of anilines is 9. The van der Waals surface area contributed by atoms with Crippen LogP contribution in [0.25, 0.3) is 33.1 Å². The number of benzene rings is 1. The Labute approximate surface area is 743 Å². The minimum atomic E-state index is -0.474. The monoisotopic (exact) mass is 1750 g/mol. The van der Waals surface area contributed by atoms with E-state index in [1.54, 1.807) is 65.2 Å². The van der Waals surface area contributed by atoms with Crippen molar-refractivity contribution < 1.29 is 44.1 Å².